The SMILES string of the molecule is CC1CCCN(Cc2ccsc2C(=O)O)C1=O. The van der Waals surface area contributed by atoms with Crippen molar-refractivity contribution in [3.8, 4) is 0 Å². The number of carbonyl (C=O) groups is 2. The molecule has 1 aliphatic heterocycles. The molecule has 0 aliphatic carbocycles. The molecule has 1 atom stereocenters. The van der Waals surface area contributed by atoms with E-state index in [0.29, 0.717) is 11.4 Å². The van der Waals surface area contributed by atoms with Crippen molar-refractivity contribution in [3.63, 3.8) is 0 Å². The Hall–Kier alpha value is -1.36. The van der Waals surface area contributed by atoms with Gasteiger partial charge in [-0.05, 0) is 29.9 Å². The van der Waals surface area contributed by atoms with Crippen LogP contribution >= 0.6 is 11.3 Å². The number of aromatic carboxylic acids is 1. The van der Waals surface area contributed by atoms with Gasteiger partial charge in [-0.15, -0.1) is 11.3 Å². The van der Waals surface area contributed by atoms with Crippen molar-refractivity contribution in [3.05, 3.63) is 21.9 Å². The summed E-state index contributed by atoms with van der Waals surface area (Å²) in [6, 6.07) is 1.79. The van der Waals surface area contributed by atoms with Crippen LogP contribution < -0.4 is 0 Å². The molecule has 1 fully saturated rings. The Kier molecular flexibility index (Phi) is 3.47. The van der Waals surface area contributed by atoms with E-state index in [1.807, 2.05) is 6.92 Å². The molecule has 0 spiro atoms. The zero-order valence-corrected chi connectivity index (χ0v) is 10.5. The molecule has 5 heteroatoms. The third kappa shape index (κ3) is 2.49. The van der Waals surface area contributed by atoms with E-state index in [0.717, 1.165) is 24.9 Å². The van der Waals surface area contributed by atoms with Crippen molar-refractivity contribution in [1.82, 2.24) is 4.90 Å². The summed E-state index contributed by atoms with van der Waals surface area (Å²) in [6.45, 7) is 3.09. The van der Waals surface area contributed by atoms with Gasteiger partial charge in [0.1, 0.15) is 4.88 Å². The van der Waals surface area contributed by atoms with Gasteiger partial charge >= 0.3 is 5.97 Å². The minimum absolute atomic E-state index is 0.0654. The third-order valence-corrected chi connectivity index (χ3v) is 4.05. The summed E-state index contributed by atoms with van der Waals surface area (Å²) in [6.07, 6.45) is 1.93. The molecule has 1 amide bonds. The molecule has 1 unspecified atom stereocenters. The normalized spacial score (nSPS) is 20.6. The highest BCUT2D eigenvalue weighted by molar-refractivity contribution is 7.12. The molecule has 4 nitrogen and oxygen atoms in total. The van der Waals surface area contributed by atoms with Gasteiger partial charge in [-0.3, -0.25) is 4.79 Å². The van der Waals surface area contributed by atoms with Crippen LogP contribution in [0.15, 0.2) is 11.4 Å². The van der Waals surface area contributed by atoms with Crippen LogP contribution in [0.4, 0.5) is 0 Å². The second-order valence-corrected chi connectivity index (χ2v) is 5.30. The average molecular weight is 253 g/mol. The Morgan fingerprint density at radius 2 is 2.41 bits per heavy atom. The predicted octanol–water partition coefficient (Wildman–Crippen LogP) is 2.20. The van der Waals surface area contributed by atoms with Crippen molar-refractivity contribution in [2.24, 2.45) is 5.92 Å². The number of likely N-dealkylation sites (tertiary alicyclic amines) is 1. The summed E-state index contributed by atoms with van der Waals surface area (Å²) in [5.41, 5.74) is 0.741. The van der Waals surface area contributed by atoms with Gasteiger partial charge in [0, 0.05) is 19.0 Å². The predicted molar refractivity (Wildman–Crippen MR) is 65.1 cm³/mol. The fraction of sp³-hybridized carbons (Fsp3) is 0.500. The number of piperidine rings is 1. The maximum absolute atomic E-state index is 11.9. The van der Waals surface area contributed by atoms with Gasteiger partial charge in [0.05, 0.1) is 0 Å². The Labute approximate surface area is 104 Å². The second-order valence-electron chi connectivity index (χ2n) is 4.38. The Morgan fingerprint density at radius 3 is 3.12 bits per heavy atom. The number of carboxylic acid groups (broad SMARTS) is 1. The maximum atomic E-state index is 11.9. The van der Waals surface area contributed by atoms with Crippen LogP contribution in [0.3, 0.4) is 0 Å². The van der Waals surface area contributed by atoms with Crippen LogP contribution in [0.2, 0.25) is 0 Å². The lowest BCUT2D eigenvalue weighted by Gasteiger charge is -2.30. The van der Waals surface area contributed by atoms with E-state index in [1.54, 1.807) is 16.3 Å². The first-order valence-corrected chi connectivity index (χ1v) is 6.56. The quantitative estimate of drug-likeness (QED) is 0.898. The van der Waals surface area contributed by atoms with Gasteiger partial charge in [-0.1, -0.05) is 6.92 Å². The smallest absolute Gasteiger partial charge is 0.346 e. The fourth-order valence-corrected chi connectivity index (χ4v) is 2.90. The molecule has 0 saturated carbocycles. The molecule has 1 aliphatic rings. The molecule has 92 valence electrons. The van der Waals surface area contributed by atoms with Crippen LogP contribution in [0.25, 0.3) is 0 Å². The summed E-state index contributed by atoms with van der Waals surface area (Å²) in [5.74, 6) is -0.707. The fourth-order valence-electron chi connectivity index (χ4n) is 2.14. The highest BCUT2D eigenvalue weighted by Crippen LogP contribution is 2.23. The number of amides is 1. The van der Waals surface area contributed by atoms with Crippen LogP contribution in [0.5, 0.6) is 0 Å². The lowest BCUT2D eigenvalue weighted by molar-refractivity contribution is -0.138. The van der Waals surface area contributed by atoms with Crippen molar-refractivity contribution >= 4 is 23.2 Å². The lowest BCUT2D eigenvalue weighted by atomic mass is 9.99. The van der Waals surface area contributed by atoms with E-state index in [1.165, 1.54) is 11.3 Å². The van der Waals surface area contributed by atoms with E-state index in [-0.39, 0.29) is 11.8 Å². The summed E-state index contributed by atoms with van der Waals surface area (Å²) >= 11 is 1.21. The molecular formula is C12H15NO3S. The molecule has 1 aromatic rings. The van der Waals surface area contributed by atoms with Crippen molar-refractivity contribution < 1.29 is 14.7 Å². The van der Waals surface area contributed by atoms with Gasteiger partial charge in [0.25, 0.3) is 0 Å². The number of hydrogen-bond donors (Lipinski definition) is 1. The Balaban J connectivity index is 2.12. The Morgan fingerprint density at radius 1 is 1.65 bits per heavy atom. The molecule has 0 aromatic carbocycles. The highest BCUT2D eigenvalue weighted by atomic mass is 32.1. The zero-order chi connectivity index (χ0) is 12.4. The van der Waals surface area contributed by atoms with E-state index < -0.39 is 5.97 Å². The number of carbonyl (C=O) groups excluding carboxylic acids is 1. The van der Waals surface area contributed by atoms with Crippen molar-refractivity contribution in [2.75, 3.05) is 6.54 Å². The Bertz CT molecular complexity index is 441. The number of hydrogen-bond acceptors (Lipinski definition) is 3. The number of carboxylic acids is 1. The molecule has 1 saturated heterocycles. The lowest BCUT2D eigenvalue weighted by Crippen LogP contribution is -2.39. The van der Waals surface area contributed by atoms with Crippen LogP contribution in [0.1, 0.15) is 35.0 Å². The molecular weight excluding hydrogens is 238 g/mol. The summed E-state index contributed by atoms with van der Waals surface area (Å²) in [7, 11) is 0. The summed E-state index contributed by atoms with van der Waals surface area (Å²) in [5, 5.41) is 10.8. The maximum Gasteiger partial charge on any atom is 0.346 e. The van der Waals surface area contributed by atoms with Crippen LogP contribution in [-0.4, -0.2) is 28.4 Å². The van der Waals surface area contributed by atoms with E-state index in [4.69, 9.17) is 5.11 Å². The first-order valence-electron chi connectivity index (χ1n) is 5.68. The molecule has 1 aromatic heterocycles. The molecule has 17 heavy (non-hydrogen) atoms. The first-order chi connectivity index (χ1) is 8.09. The summed E-state index contributed by atoms with van der Waals surface area (Å²) in [4.78, 5) is 25.0. The number of thiophene rings is 1. The molecule has 0 radical (unpaired) electrons. The monoisotopic (exact) mass is 253 g/mol. The molecule has 0 bridgehead atoms. The van der Waals surface area contributed by atoms with Gasteiger partial charge in [0.15, 0.2) is 0 Å². The van der Waals surface area contributed by atoms with Crippen molar-refractivity contribution in [1.29, 1.82) is 0 Å². The molecule has 2 heterocycles. The van der Waals surface area contributed by atoms with E-state index in [9.17, 15) is 9.59 Å². The summed E-state index contributed by atoms with van der Waals surface area (Å²) < 4.78 is 0. The average Bonchev–Trinajstić information content (AvgIpc) is 2.73. The van der Waals surface area contributed by atoms with Gasteiger partial charge in [-0.25, -0.2) is 4.79 Å². The van der Waals surface area contributed by atoms with E-state index >= 15 is 0 Å². The van der Waals surface area contributed by atoms with Crippen molar-refractivity contribution in [2.45, 2.75) is 26.3 Å². The van der Waals surface area contributed by atoms with Crippen LogP contribution in [-0.2, 0) is 11.3 Å². The topological polar surface area (TPSA) is 57.6 Å². The van der Waals surface area contributed by atoms with Gasteiger partial charge in [-0.2, -0.15) is 0 Å². The molecule has 1 N–H and O–H groups in total. The molecule has 2 rings (SSSR count). The van der Waals surface area contributed by atoms with Gasteiger partial charge < -0.3 is 10.0 Å². The number of rotatable bonds is 3. The first kappa shape index (κ1) is 12.1. The van der Waals surface area contributed by atoms with Crippen LogP contribution in [0, 0.1) is 5.92 Å². The minimum atomic E-state index is -0.910. The second kappa shape index (κ2) is 4.87. The number of nitrogens with zero attached hydrogens (tertiary/aromatic N) is 1. The largest absolute Gasteiger partial charge is 0.477 e. The minimum Gasteiger partial charge on any atom is -0.477 e. The zero-order valence-electron chi connectivity index (χ0n) is 9.68. The van der Waals surface area contributed by atoms with Gasteiger partial charge in [0.2, 0.25) is 5.91 Å². The third-order valence-electron chi connectivity index (χ3n) is 3.10. The standard InChI is InChI=1S/C12H15NO3S/c1-8-3-2-5-13(11(8)14)7-9-4-6-17-10(9)12(15)16/h4,6,8H,2-3,5,7H2,1H3,(H,15,16). The highest BCUT2D eigenvalue weighted by Gasteiger charge is 2.26. The van der Waals surface area contributed by atoms with E-state index in [2.05, 4.69) is 0 Å².